The van der Waals surface area contributed by atoms with Crippen LogP contribution >= 0.6 is 0 Å². The van der Waals surface area contributed by atoms with Crippen LogP contribution in [0.5, 0.6) is 11.5 Å². The van der Waals surface area contributed by atoms with Gasteiger partial charge in [-0.15, -0.1) is 0 Å². The number of nitrogens with zero attached hydrogens (tertiary/aromatic N) is 3. The number of amides is 1. The number of likely N-dealkylation sites (N-methyl/N-ethyl adjacent to an activating group) is 1. The summed E-state index contributed by atoms with van der Waals surface area (Å²) in [4.78, 5) is 19.3. The lowest BCUT2D eigenvalue weighted by Crippen LogP contribution is -2.21. The minimum Gasteiger partial charge on any atom is -0.493 e. The van der Waals surface area contributed by atoms with Crippen molar-refractivity contribution in [3.05, 3.63) is 77.7 Å². The van der Waals surface area contributed by atoms with Gasteiger partial charge < -0.3 is 24.2 Å². The number of rotatable bonds is 8. The van der Waals surface area contributed by atoms with E-state index in [1.165, 1.54) is 0 Å². The van der Waals surface area contributed by atoms with Crippen LogP contribution in [0, 0.1) is 13.8 Å². The van der Waals surface area contributed by atoms with Crippen molar-refractivity contribution in [3.63, 3.8) is 0 Å². The highest BCUT2D eigenvalue weighted by Crippen LogP contribution is 2.32. The second kappa shape index (κ2) is 11.1. The zero-order valence-electron chi connectivity index (χ0n) is 22.2. The molecule has 8 nitrogen and oxygen atoms in total. The molecule has 1 N–H and O–H groups in total. The largest absolute Gasteiger partial charge is 0.493 e. The van der Waals surface area contributed by atoms with Gasteiger partial charge in [-0.05, 0) is 60.8 Å². The van der Waals surface area contributed by atoms with Gasteiger partial charge in [0.25, 0.3) is 0 Å². The van der Waals surface area contributed by atoms with Gasteiger partial charge in [-0.1, -0.05) is 41.6 Å². The minimum absolute atomic E-state index is 0.0922. The summed E-state index contributed by atoms with van der Waals surface area (Å²) in [6, 6.07) is 19.7. The van der Waals surface area contributed by atoms with Gasteiger partial charge in [0.05, 0.1) is 13.5 Å². The highest BCUT2D eigenvalue weighted by molar-refractivity contribution is 5.92. The molecule has 2 heterocycles. The van der Waals surface area contributed by atoms with Gasteiger partial charge in [-0.25, -0.2) is 0 Å². The molecular weight excluding hydrogens is 480 g/mol. The Labute approximate surface area is 222 Å². The molecule has 196 valence electrons. The Morgan fingerprint density at radius 3 is 2.50 bits per heavy atom. The number of hydrogen-bond acceptors (Lipinski definition) is 7. The fourth-order valence-electron chi connectivity index (χ4n) is 4.75. The Kier molecular flexibility index (Phi) is 7.42. The van der Waals surface area contributed by atoms with Crippen LogP contribution in [-0.4, -0.2) is 54.3 Å². The molecule has 1 aliphatic rings. The third kappa shape index (κ3) is 5.86. The molecule has 0 bridgehead atoms. The number of aromatic nitrogens is 2. The molecule has 0 spiro atoms. The van der Waals surface area contributed by atoms with Crippen molar-refractivity contribution in [2.75, 3.05) is 32.6 Å². The minimum atomic E-state index is -0.0922. The predicted octanol–water partition coefficient (Wildman–Crippen LogP) is 5.29. The van der Waals surface area contributed by atoms with Crippen molar-refractivity contribution in [2.45, 2.75) is 32.8 Å². The quantitative estimate of drug-likeness (QED) is 0.343. The van der Waals surface area contributed by atoms with Crippen LogP contribution in [0.4, 0.5) is 5.69 Å². The number of carbonyl (C=O) groups is 1. The molecule has 1 fully saturated rings. The third-order valence-electron chi connectivity index (χ3n) is 6.73. The van der Waals surface area contributed by atoms with Crippen LogP contribution in [0.1, 0.15) is 23.4 Å². The molecule has 5 rings (SSSR count). The number of aryl methyl sites for hydroxylation is 2. The van der Waals surface area contributed by atoms with Gasteiger partial charge in [0, 0.05) is 37.3 Å². The van der Waals surface area contributed by atoms with Crippen molar-refractivity contribution >= 4 is 11.6 Å². The molecule has 1 aliphatic heterocycles. The first-order chi connectivity index (χ1) is 18.4. The van der Waals surface area contributed by atoms with E-state index in [1.54, 1.807) is 14.0 Å². The molecule has 1 saturated heterocycles. The maximum Gasteiger partial charge on any atom is 0.228 e. The lowest BCUT2D eigenvalue weighted by molar-refractivity contribution is -0.115. The van der Waals surface area contributed by atoms with Gasteiger partial charge >= 0.3 is 0 Å². The fraction of sp³-hybridized carbons (Fsp3) is 0.300. The highest BCUT2D eigenvalue weighted by Gasteiger charge is 2.22. The predicted molar refractivity (Wildman–Crippen MR) is 147 cm³/mol. The molecule has 0 aliphatic carbocycles. The van der Waals surface area contributed by atoms with Crippen molar-refractivity contribution in [1.29, 1.82) is 0 Å². The van der Waals surface area contributed by atoms with Gasteiger partial charge in [0.15, 0.2) is 11.5 Å². The first-order valence-corrected chi connectivity index (χ1v) is 12.7. The van der Waals surface area contributed by atoms with E-state index in [2.05, 4.69) is 46.5 Å². The smallest absolute Gasteiger partial charge is 0.228 e. The van der Waals surface area contributed by atoms with Gasteiger partial charge in [-0.2, -0.15) is 4.98 Å². The molecule has 1 unspecified atom stereocenters. The van der Waals surface area contributed by atoms with Crippen LogP contribution in [0.15, 0.2) is 65.2 Å². The van der Waals surface area contributed by atoms with Gasteiger partial charge in [0.2, 0.25) is 17.6 Å². The average molecular weight is 513 g/mol. The second-order valence-electron chi connectivity index (χ2n) is 9.74. The third-order valence-corrected chi connectivity index (χ3v) is 6.73. The van der Waals surface area contributed by atoms with Gasteiger partial charge in [0.1, 0.15) is 6.10 Å². The van der Waals surface area contributed by atoms with Crippen molar-refractivity contribution in [2.24, 2.45) is 0 Å². The number of ether oxygens (including phenoxy) is 2. The Balaban J connectivity index is 1.23. The maximum atomic E-state index is 12.8. The molecule has 0 saturated carbocycles. The number of benzene rings is 3. The normalized spacial score (nSPS) is 15.4. The molecular formula is C30H32N4O4. The molecule has 1 amide bonds. The summed E-state index contributed by atoms with van der Waals surface area (Å²) in [5, 5.41) is 6.99. The van der Waals surface area contributed by atoms with E-state index in [-0.39, 0.29) is 18.4 Å². The van der Waals surface area contributed by atoms with Crippen LogP contribution in [0.3, 0.4) is 0 Å². The summed E-state index contributed by atoms with van der Waals surface area (Å²) >= 11 is 0. The molecule has 3 aromatic carbocycles. The summed E-state index contributed by atoms with van der Waals surface area (Å²) < 4.78 is 16.7. The lowest BCUT2D eigenvalue weighted by Gasteiger charge is -2.17. The molecule has 4 aromatic rings. The van der Waals surface area contributed by atoms with E-state index in [1.807, 2.05) is 48.5 Å². The van der Waals surface area contributed by atoms with E-state index in [0.29, 0.717) is 28.9 Å². The highest BCUT2D eigenvalue weighted by atomic mass is 16.5. The fourth-order valence-corrected chi connectivity index (χ4v) is 4.75. The number of likely N-dealkylation sites (tertiary alicyclic amines) is 1. The zero-order valence-corrected chi connectivity index (χ0v) is 22.2. The summed E-state index contributed by atoms with van der Waals surface area (Å²) in [6.45, 7) is 5.72. The number of carbonyl (C=O) groups excluding carboxylic acids is 1. The summed E-state index contributed by atoms with van der Waals surface area (Å²) in [7, 11) is 3.70. The van der Waals surface area contributed by atoms with E-state index in [0.717, 1.165) is 47.3 Å². The van der Waals surface area contributed by atoms with Crippen LogP contribution in [-0.2, 0) is 11.2 Å². The van der Waals surface area contributed by atoms with Crippen LogP contribution in [0.25, 0.3) is 22.5 Å². The Bertz CT molecular complexity index is 1430. The summed E-state index contributed by atoms with van der Waals surface area (Å²) in [5.74, 6) is 2.33. The van der Waals surface area contributed by atoms with E-state index < -0.39 is 0 Å². The standard InChI is InChI=1S/C30H32N4O4/c1-19-15-23(30-31-20(2)38-33-30)9-11-26(19)22-7-5-21(6-8-22)16-29(35)32-24-10-12-27(36-4)28(17-24)37-25-13-14-34(3)18-25/h5-12,15,17,25H,13-14,16,18H2,1-4H3,(H,32,35). The van der Waals surface area contributed by atoms with E-state index in [4.69, 9.17) is 14.0 Å². The topological polar surface area (TPSA) is 89.7 Å². The number of methoxy groups -OCH3 is 1. The zero-order chi connectivity index (χ0) is 26.6. The van der Waals surface area contributed by atoms with Crippen LogP contribution in [0.2, 0.25) is 0 Å². The Hall–Kier alpha value is -4.17. The van der Waals surface area contributed by atoms with Gasteiger partial charge in [-0.3, -0.25) is 4.79 Å². The molecule has 0 radical (unpaired) electrons. The molecule has 8 heteroatoms. The first-order valence-electron chi connectivity index (χ1n) is 12.7. The Morgan fingerprint density at radius 2 is 1.84 bits per heavy atom. The second-order valence-corrected chi connectivity index (χ2v) is 9.74. The first kappa shape index (κ1) is 25.5. The van der Waals surface area contributed by atoms with Crippen molar-refractivity contribution in [3.8, 4) is 34.0 Å². The summed E-state index contributed by atoms with van der Waals surface area (Å²) in [5.41, 5.74) is 5.83. The lowest BCUT2D eigenvalue weighted by atomic mass is 9.97. The van der Waals surface area contributed by atoms with E-state index in [9.17, 15) is 4.79 Å². The van der Waals surface area contributed by atoms with Crippen molar-refractivity contribution in [1.82, 2.24) is 15.0 Å². The monoisotopic (exact) mass is 512 g/mol. The molecule has 38 heavy (non-hydrogen) atoms. The van der Waals surface area contributed by atoms with Crippen LogP contribution < -0.4 is 14.8 Å². The summed E-state index contributed by atoms with van der Waals surface area (Å²) in [6.07, 6.45) is 1.35. The molecule has 1 atom stereocenters. The van der Waals surface area contributed by atoms with Crippen molar-refractivity contribution < 1.29 is 18.8 Å². The number of nitrogens with one attached hydrogen (secondary N) is 1. The average Bonchev–Trinajstić information content (AvgIpc) is 3.52. The number of hydrogen-bond donors (Lipinski definition) is 1. The van der Waals surface area contributed by atoms with E-state index >= 15 is 0 Å². The maximum absolute atomic E-state index is 12.8. The molecule has 1 aromatic heterocycles. The SMILES string of the molecule is COc1ccc(NC(=O)Cc2ccc(-c3ccc(-c4noc(C)n4)cc3C)cc2)cc1OC1CCN(C)C1. The number of anilines is 1. The Morgan fingerprint density at radius 1 is 1.05 bits per heavy atom.